The number of hydrazone groups is 1. The van der Waals surface area contributed by atoms with Crippen LogP contribution in [0.5, 0.6) is 0 Å². The summed E-state index contributed by atoms with van der Waals surface area (Å²) in [4.78, 5) is 0. The van der Waals surface area contributed by atoms with Gasteiger partial charge >= 0.3 is 10.2 Å². The van der Waals surface area contributed by atoms with Gasteiger partial charge in [-0.05, 0) is 48.2 Å². The maximum absolute atomic E-state index is 13.9. The molecule has 10 heteroatoms. The molecule has 32 heavy (non-hydrogen) atoms. The average Bonchev–Trinajstić information content (AvgIpc) is 3.24. The van der Waals surface area contributed by atoms with Gasteiger partial charge in [-0.25, -0.2) is 9.51 Å². The summed E-state index contributed by atoms with van der Waals surface area (Å²) < 4.78 is 44.3. The molecule has 2 aliphatic heterocycles. The molecule has 0 radical (unpaired) electrons. The highest BCUT2D eigenvalue weighted by molar-refractivity contribution is 7.87. The molecule has 0 spiro atoms. The van der Waals surface area contributed by atoms with E-state index in [1.54, 1.807) is 30.4 Å². The Bertz CT molecular complexity index is 1120. The van der Waals surface area contributed by atoms with Crippen molar-refractivity contribution in [3.05, 3.63) is 70.5 Å². The summed E-state index contributed by atoms with van der Waals surface area (Å²) >= 11 is 6.03. The van der Waals surface area contributed by atoms with Gasteiger partial charge in [-0.15, -0.1) is 4.40 Å². The van der Waals surface area contributed by atoms with Crippen LogP contribution in [0, 0.1) is 5.82 Å². The zero-order valence-electron chi connectivity index (χ0n) is 17.7. The number of hydrazine groups is 1. The second kappa shape index (κ2) is 9.56. The van der Waals surface area contributed by atoms with Gasteiger partial charge in [0.15, 0.2) is 0 Å². The van der Waals surface area contributed by atoms with Gasteiger partial charge in [0.25, 0.3) is 0 Å². The Labute approximate surface area is 193 Å². The Morgan fingerprint density at radius 3 is 2.56 bits per heavy atom. The van der Waals surface area contributed by atoms with Crippen molar-refractivity contribution in [3.8, 4) is 0 Å². The van der Waals surface area contributed by atoms with E-state index in [2.05, 4.69) is 4.40 Å². The molecule has 4 rings (SSSR count). The van der Waals surface area contributed by atoms with Crippen molar-refractivity contribution in [2.45, 2.75) is 25.2 Å². The van der Waals surface area contributed by atoms with E-state index in [0.29, 0.717) is 24.7 Å². The summed E-state index contributed by atoms with van der Waals surface area (Å²) in [5, 5.41) is 8.48. The summed E-state index contributed by atoms with van der Waals surface area (Å²) in [6, 6.07) is 13.7. The molecule has 0 bridgehead atoms. The summed E-state index contributed by atoms with van der Waals surface area (Å²) in [5.74, 6) is -0.527. The molecule has 0 aromatic heterocycles. The van der Waals surface area contributed by atoms with Gasteiger partial charge in [0.05, 0.1) is 18.2 Å². The molecule has 2 aromatic carbocycles. The van der Waals surface area contributed by atoms with E-state index in [-0.39, 0.29) is 11.7 Å². The molecular formula is C22H25ClFN5O2S. The van der Waals surface area contributed by atoms with Crippen molar-refractivity contribution < 1.29 is 12.8 Å². The SMILES string of the molecule is CN(/C=N/S(=O)(=O)N1CCCCC1)N1CC(c2cccc(F)c2)C(c2ccc(Cl)cc2)=N1. The van der Waals surface area contributed by atoms with Gasteiger partial charge in [0.2, 0.25) is 0 Å². The highest BCUT2D eigenvalue weighted by Crippen LogP contribution is 2.30. The minimum Gasteiger partial charge on any atom is -0.261 e. The lowest BCUT2D eigenvalue weighted by Crippen LogP contribution is -2.37. The zero-order chi connectivity index (χ0) is 22.7. The molecule has 0 amide bonds. The second-order valence-electron chi connectivity index (χ2n) is 7.89. The number of nitrogens with zero attached hydrogens (tertiary/aromatic N) is 5. The molecule has 0 aliphatic carbocycles. The standard InChI is InChI=1S/C22H25ClFN5O2S/c1-27(16-25-32(30,31)28-12-3-2-4-13-28)29-15-21(18-6-5-7-20(24)14-18)22(26-29)17-8-10-19(23)11-9-17/h5-11,14,16,21H,2-4,12-13,15H2,1H3/b25-16+. The Hall–Kier alpha value is -2.49. The average molecular weight is 478 g/mol. The lowest BCUT2D eigenvalue weighted by molar-refractivity contribution is 0.0919. The summed E-state index contributed by atoms with van der Waals surface area (Å²) in [6.07, 6.45) is 4.00. The summed E-state index contributed by atoms with van der Waals surface area (Å²) in [6.45, 7) is 1.40. The van der Waals surface area contributed by atoms with Gasteiger partial charge in [-0.1, -0.05) is 42.3 Å². The van der Waals surface area contributed by atoms with Gasteiger partial charge in [-0.2, -0.15) is 17.8 Å². The first-order valence-electron chi connectivity index (χ1n) is 10.5. The monoisotopic (exact) mass is 477 g/mol. The fourth-order valence-corrected chi connectivity index (χ4v) is 5.13. The minimum absolute atomic E-state index is 0.207. The first-order valence-corrected chi connectivity index (χ1v) is 12.3. The molecule has 1 fully saturated rings. The fourth-order valence-electron chi connectivity index (χ4n) is 3.90. The summed E-state index contributed by atoms with van der Waals surface area (Å²) in [5.41, 5.74) is 2.39. The molecule has 0 saturated carbocycles. The lowest BCUT2D eigenvalue weighted by Gasteiger charge is -2.26. The van der Waals surface area contributed by atoms with E-state index in [9.17, 15) is 12.8 Å². The summed E-state index contributed by atoms with van der Waals surface area (Å²) in [7, 11) is -2.04. The number of hydrogen-bond donors (Lipinski definition) is 0. The molecule has 2 heterocycles. The van der Waals surface area contributed by atoms with Crippen LogP contribution in [0.15, 0.2) is 58.0 Å². The molecule has 170 valence electrons. The van der Waals surface area contributed by atoms with E-state index in [0.717, 1.165) is 36.1 Å². The van der Waals surface area contributed by atoms with Crippen LogP contribution in [0.25, 0.3) is 0 Å². The van der Waals surface area contributed by atoms with Crippen LogP contribution < -0.4 is 0 Å². The third-order valence-corrected chi connectivity index (χ3v) is 7.27. The number of piperidine rings is 1. The van der Waals surface area contributed by atoms with E-state index in [4.69, 9.17) is 16.7 Å². The van der Waals surface area contributed by atoms with Crippen LogP contribution in [0.2, 0.25) is 5.02 Å². The lowest BCUT2D eigenvalue weighted by atomic mass is 9.91. The maximum Gasteiger partial charge on any atom is 0.323 e. The molecule has 7 nitrogen and oxygen atoms in total. The molecule has 1 saturated heterocycles. The number of benzene rings is 2. The Balaban J connectivity index is 1.58. The third kappa shape index (κ3) is 5.11. The molecule has 2 aromatic rings. The zero-order valence-corrected chi connectivity index (χ0v) is 19.3. The van der Waals surface area contributed by atoms with Crippen molar-refractivity contribution in [2.24, 2.45) is 9.50 Å². The number of hydrogen-bond acceptors (Lipinski definition) is 4. The smallest absolute Gasteiger partial charge is 0.261 e. The fraction of sp³-hybridized carbons (Fsp3) is 0.364. The number of halogens is 2. The Kier molecular flexibility index (Phi) is 6.78. The first kappa shape index (κ1) is 22.7. The normalized spacial score (nSPS) is 20.0. The van der Waals surface area contributed by atoms with Crippen molar-refractivity contribution in [1.29, 1.82) is 0 Å². The van der Waals surface area contributed by atoms with E-state index in [1.165, 1.54) is 27.8 Å². The van der Waals surface area contributed by atoms with Gasteiger partial charge < -0.3 is 0 Å². The van der Waals surface area contributed by atoms with Crippen molar-refractivity contribution >= 4 is 33.9 Å². The van der Waals surface area contributed by atoms with Crippen molar-refractivity contribution in [1.82, 2.24) is 14.4 Å². The van der Waals surface area contributed by atoms with E-state index >= 15 is 0 Å². The van der Waals surface area contributed by atoms with Crippen LogP contribution in [-0.2, 0) is 10.2 Å². The molecule has 0 N–H and O–H groups in total. The number of rotatable bonds is 6. The highest BCUT2D eigenvalue weighted by Gasteiger charge is 2.31. The highest BCUT2D eigenvalue weighted by atomic mass is 35.5. The molecule has 1 atom stereocenters. The second-order valence-corrected chi connectivity index (χ2v) is 9.95. The molecule has 1 unspecified atom stereocenters. The quantitative estimate of drug-likeness (QED) is 0.467. The van der Waals surface area contributed by atoms with Gasteiger partial charge in [-0.3, -0.25) is 5.01 Å². The van der Waals surface area contributed by atoms with Crippen LogP contribution in [0.4, 0.5) is 4.39 Å². The predicted octanol–water partition coefficient (Wildman–Crippen LogP) is 3.89. The van der Waals surface area contributed by atoms with E-state index in [1.807, 2.05) is 18.2 Å². The Morgan fingerprint density at radius 2 is 1.88 bits per heavy atom. The van der Waals surface area contributed by atoms with Crippen molar-refractivity contribution in [2.75, 3.05) is 26.7 Å². The molecular weight excluding hydrogens is 453 g/mol. The van der Waals surface area contributed by atoms with Gasteiger partial charge in [0.1, 0.15) is 12.2 Å². The Morgan fingerprint density at radius 1 is 1.16 bits per heavy atom. The topological polar surface area (TPSA) is 68.6 Å². The van der Waals surface area contributed by atoms with Gasteiger partial charge in [0, 0.05) is 25.2 Å². The van der Waals surface area contributed by atoms with E-state index < -0.39 is 10.2 Å². The first-order chi connectivity index (χ1) is 15.3. The maximum atomic E-state index is 13.9. The largest absolute Gasteiger partial charge is 0.323 e. The van der Waals surface area contributed by atoms with Crippen molar-refractivity contribution in [3.63, 3.8) is 0 Å². The van der Waals surface area contributed by atoms with Crippen LogP contribution in [-0.4, -0.2) is 61.6 Å². The van der Waals surface area contributed by atoms with Crippen LogP contribution >= 0.6 is 11.6 Å². The minimum atomic E-state index is -3.73. The predicted molar refractivity (Wildman–Crippen MR) is 124 cm³/mol. The molecule has 2 aliphatic rings. The van der Waals surface area contributed by atoms with Crippen LogP contribution in [0.3, 0.4) is 0 Å². The third-order valence-electron chi connectivity index (χ3n) is 5.64. The van der Waals surface area contributed by atoms with Crippen LogP contribution in [0.1, 0.15) is 36.3 Å².